The number of furan rings is 1. The summed E-state index contributed by atoms with van der Waals surface area (Å²) < 4.78 is 7.89. The van der Waals surface area contributed by atoms with Crippen molar-refractivity contribution in [1.29, 1.82) is 0 Å². The van der Waals surface area contributed by atoms with Crippen molar-refractivity contribution >= 4 is 23.0 Å². The molecule has 0 aliphatic carbocycles. The number of amides is 1. The Morgan fingerprint density at radius 1 is 1.00 bits per heavy atom. The number of likely N-dealkylation sites (N-methyl/N-ethyl adjacent to an activating group) is 1. The zero-order chi connectivity index (χ0) is 21.2. The van der Waals surface area contributed by atoms with E-state index in [1.54, 1.807) is 6.08 Å². The van der Waals surface area contributed by atoms with Crippen molar-refractivity contribution in [2.45, 2.75) is 0 Å². The first kappa shape index (κ1) is 19.3. The number of para-hydroxylation sites is 2. The average molecular weight is 412 g/mol. The third-order valence-corrected chi connectivity index (χ3v) is 5.64. The Labute approximate surface area is 181 Å². The molecule has 0 N–H and O–H groups in total. The quantitative estimate of drug-likeness (QED) is 0.474. The van der Waals surface area contributed by atoms with Crippen molar-refractivity contribution < 1.29 is 9.21 Å². The smallest absolute Gasteiger partial charge is 0.246 e. The molecule has 6 heteroatoms. The predicted molar refractivity (Wildman–Crippen MR) is 122 cm³/mol. The van der Waals surface area contributed by atoms with Crippen LogP contribution in [0, 0.1) is 0 Å². The number of benzene rings is 2. The van der Waals surface area contributed by atoms with Gasteiger partial charge in [-0.2, -0.15) is 5.10 Å². The molecule has 6 nitrogen and oxygen atoms in total. The Hall–Kier alpha value is -3.64. The Morgan fingerprint density at radius 3 is 2.52 bits per heavy atom. The van der Waals surface area contributed by atoms with Gasteiger partial charge in [-0.3, -0.25) is 4.79 Å². The van der Waals surface area contributed by atoms with E-state index in [1.165, 1.54) is 0 Å². The standard InChI is InChI=1S/C25H24N4O2/c1-27-13-15-28(16-14-27)24(30)12-11-20-18-29(21-8-3-2-4-9-21)26-25(20)23-17-19-7-5-6-10-22(19)31-23/h2-12,17-18H,13-16H2,1H3. The Kier molecular flexibility index (Phi) is 5.14. The fourth-order valence-corrected chi connectivity index (χ4v) is 3.81. The molecule has 5 rings (SSSR count). The van der Waals surface area contributed by atoms with Crippen molar-refractivity contribution in [3.8, 4) is 17.1 Å². The van der Waals surface area contributed by atoms with Gasteiger partial charge in [0, 0.05) is 49.4 Å². The van der Waals surface area contributed by atoms with Crippen LogP contribution in [0.5, 0.6) is 0 Å². The van der Waals surface area contributed by atoms with E-state index in [4.69, 9.17) is 9.52 Å². The topological polar surface area (TPSA) is 54.5 Å². The number of hydrogen-bond donors (Lipinski definition) is 0. The van der Waals surface area contributed by atoms with Crippen LogP contribution >= 0.6 is 0 Å². The van der Waals surface area contributed by atoms with Crippen LogP contribution in [0.1, 0.15) is 5.56 Å². The molecule has 2 aromatic heterocycles. The van der Waals surface area contributed by atoms with Crippen molar-refractivity contribution in [3.05, 3.63) is 78.5 Å². The minimum Gasteiger partial charge on any atom is -0.454 e. The molecular weight excluding hydrogens is 388 g/mol. The van der Waals surface area contributed by atoms with Crippen LogP contribution < -0.4 is 0 Å². The summed E-state index contributed by atoms with van der Waals surface area (Å²) in [5.74, 6) is 0.707. The lowest BCUT2D eigenvalue weighted by molar-refractivity contribution is -0.127. The third kappa shape index (κ3) is 4.02. The van der Waals surface area contributed by atoms with Gasteiger partial charge in [0.15, 0.2) is 5.76 Å². The second kappa shape index (κ2) is 8.24. The van der Waals surface area contributed by atoms with E-state index in [1.807, 2.05) is 82.5 Å². The van der Waals surface area contributed by atoms with Crippen LogP contribution in [0.4, 0.5) is 0 Å². The number of fused-ring (bicyclic) bond motifs is 1. The van der Waals surface area contributed by atoms with Crippen molar-refractivity contribution in [2.24, 2.45) is 0 Å². The first-order valence-electron chi connectivity index (χ1n) is 10.5. The summed E-state index contributed by atoms with van der Waals surface area (Å²) >= 11 is 0. The highest BCUT2D eigenvalue weighted by atomic mass is 16.3. The minimum absolute atomic E-state index is 0.0242. The van der Waals surface area contributed by atoms with Crippen LogP contribution in [0.3, 0.4) is 0 Å². The van der Waals surface area contributed by atoms with Gasteiger partial charge in [-0.25, -0.2) is 4.68 Å². The maximum atomic E-state index is 12.7. The Balaban J connectivity index is 1.50. The fraction of sp³-hybridized carbons (Fsp3) is 0.200. The summed E-state index contributed by atoms with van der Waals surface area (Å²) in [7, 11) is 2.08. The molecule has 31 heavy (non-hydrogen) atoms. The van der Waals surface area contributed by atoms with Crippen LogP contribution in [-0.2, 0) is 4.79 Å². The van der Waals surface area contributed by atoms with Crippen LogP contribution in [0.2, 0.25) is 0 Å². The largest absolute Gasteiger partial charge is 0.454 e. The molecule has 1 saturated heterocycles. The molecule has 0 bridgehead atoms. The van der Waals surface area contributed by atoms with E-state index in [9.17, 15) is 4.79 Å². The molecule has 1 amide bonds. The summed E-state index contributed by atoms with van der Waals surface area (Å²) in [5, 5.41) is 5.81. The normalized spacial score (nSPS) is 15.2. The minimum atomic E-state index is 0.0242. The van der Waals surface area contributed by atoms with Crippen LogP contribution in [-0.4, -0.2) is 58.7 Å². The van der Waals surface area contributed by atoms with E-state index in [0.717, 1.165) is 48.4 Å². The van der Waals surface area contributed by atoms with Gasteiger partial charge in [-0.05, 0) is 37.4 Å². The van der Waals surface area contributed by atoms with Gasteiger partial charge in [0.05, 0.1) is 5.69 Å². The molecule has 1 aliphatic heterocycles. The Bertz CT molecular complexity index is 1200. The third-order valence-electron chi connectivity index (χ3n) is 5.64. The lowest BCUT2D eigenvalue weighted by Gasteiger charge is -2.31. The van der Waals surface area contributed by atoms with E-state index < -0.39 is 0 Å². The predicted octanol–water partition coefficient (Wildman–Crippen LogP) is 4.07. The van der Waals surface area contributed by atoms with Crippen molar-refractivity contribution in [2.75, 3.05) is 33.2 Å². The summed E-state index contributed by atoms with van der Waals surface area (Å²) in [6.45, 7) is 3.30. The zero-order valence-electron chi connectivity index (χ0n) is 17.4. The number of carbonyl (C=O) groups excluding carboxylic acids is 1. The van der Waals surface area contributed by atoms with Crippen LogP contribution in [0.15, 0.2) is 77.4 Å². The summed E-state index contributed by atoms with van der Waals surface area (Å²) in [5.41, 5.74) is 3.31. The summed E-state index contributed by atoms with van der Waals surface area (Å²) in [6, 6.07) is 19.8. The van der Waals surface area contributed by atoms with Gasteiger partial charge in [0.2, 0.25) is 5.91 Å². The number of nitrogens with zero attached hydrogens (tertiary/aromatic N) is 4. The van der Waals surface area contributed by atoms with E-state index in [-0.39, 0.29) is 5.91 Å². The highest BCUT2D eigenvalue weighted by Gasteiger charge is 2.18. The van der Waals surface area contributed by atoms with E-state index in [2.05, 4.69) is 11.9 Å². The monoisotopic (exact) mass is 412 g/mol. The summed E-state index contributed by atoms with van der Waals surface area (Å²) in [4.78, 5) is 16.8. The molecule has 3 heterocycles. The number of rotatable bonds is 4. The number of carbonyl (C=O) groups is 1. The van der Waals surface area contributed by atoms with Gasteiger partial charge in [-0.1, -0.05) is 36.4 Å². The average Bonchev–Trinajstić information content (AvgIpc) is 3.42. The van der Waals surface area contributed by atoms with Crippen molar-refractivity contribution in [3.63, 3.8) is 0 Å². The molecule has 4 aromatic rings. The van der Waals surface area contributed by atoms with Crippen LogP contribution in [0.25, 0.3) is 34.2 Å². The van der Waals surface area contributed by atoms with Gasteiger partial charge in [-0.15, -0.1) is 0 Å². The van der Waals surface area contributed by atoms with E-state index >= 15 is 0 Å². The zero-order valence-corrected chi connectivity index (χ0v) is 17.4. The van der Waals surface area contributed by atoms with Gasteiger partial charge in [0.1, 0.15) is 11.3 Å². The second-order valence-electron chi connectivity index (χ2n) is 7.82. The fourth-order valence-electron chi connectivity index (χ4n) is 3.81. The molecule has 1 fully saturated rings. The molecule has 0 atom stereocenters. The molecule has 2 aromatic carbocycles. The molecule has 0 radical (unpaired) electrons. The molecule has 0 spiro atoms. The molecule has 1 aliphatic rings. The molecule has 156 valence electrons. The lowest BCUT2D eigenvalue weighted by Crippen LogP contribution is -2.46. The van der Waals surface area contributed by atoms with Crippen molar-refractivity contribution in [1.82, 2.24) is 19.6 Å². The first-order chi connectivity index (χ1) is 15.2. The molecule has 0 unspecified atom stereocenters. The van der Waals surface area contributed by atoms with Gasteiger partial charge >= 0.3 is 0 Å². The highest BCUT2D eigenvalue weighted by Crippen LogP contribution is 2.30. The Morgan fingerprint density at radius 2 is 1.74 bits per heavy atom. The lowest BCUT2D eigenvalue weighted by atomic mass is 10.1. The second-order valence-corrected chi connectivity index (χ2v) is 7.82. The van der Waals surface area contributed by atoms with Gasteiger partial charge in [0.25, 0.3) is 0 Å². The van der Waals surface area contributed by atoms with E-state index in [0.29, 0.717) is 11.5 Å². The maximum absolute atomic E-state index is 12.7. The first-order valence-corrected chi connectivity index (χ1v) is 10.5. The number of aromatic nitrogens is 2. The summed E-state index contributed by atoms with van der Waals surface area (Å²) in [6.07, 6.45) is 5.42. The number of hydrogen-bond acceptors (Lipinski definition) is 4. The highest BCUT2D eigenvalue weighted by molar-refractivity contribution is 5.93. The van der Waals surface area contributed by atoms with Gasteiger partial charge < -0.3 is 14.2 Å². The SMILES string of the molecule is CN1CCN(C(=O)C=Cc2cn(-c3ccccc3)nc2-c2cc3ccccc3o2)CC1. The molecular formula is C25H24N4O2. The number of piperazine rings is 1. The maximum Gasteiger partial charge on any atom is 0.246 e. The molecule has 0 saturated carbocycles.